The number of benzene rings is 1. The number of aryl methyl sites for hydroxylation is 1. The molecule has 1 aromatic carbocycles. The standard InChI is InChI=1S/C21H34O/c1-20(22)16-12-9-7-5-3-2-4-6-8-10-13-17-21-18-14-11-15-19-21/h11,14-15,18-19H,2-10,12-13,16-17H2,1H3. The van der Waals surface area contributed by atoms with Crippen LogP contribution in [0, 0.1) is 0 Å². The van der Waals surface area contributed by atoms with Crippen LogP contribution in [0.5, 0.6) is 0 Å². The van der Waals surface area contributed by atoms with E-state index in [4.69, 9.17) is 0 Å². The monoisotopic (exact) mass is 302 g/mol. The molecule has 1 rings (SSSR count). The lowest BCUT2D eigenvalue weighted by molar-refractivity contribution is -0.117. The number of Topliss-reactive ketones (excluding diaryl/α,β-unsaturated/α-hetero) is 1. The van der Waals surface area contributed by atoms with Gasteiger partial charge in [-0.3, -0.25) is 0 Å². The first-order valence-electron chi connectivity index (χ1n) is 9.32. The Hall–Kier alpha value is -1.11. The third-order valence-electron chi connectivity index (χ3n) is 4.34. The number of carbonyl (C=O) groups is 1. The largest absolute Gasteiger partial charge is 0.300 e. The maximum absolute atomic E-state index is 10.8. The van der Waals surface area contributed by atoms with Crippen molar-refractivity contribution in [2.45, 2.75) is 90.4 Å². The van der Waals surface area contributed by atoms with E-state index in [0.29, 0.717) is 5.78 Å². The van der Waals surface area contributed by atoms with E-state index in [-0.39, 0.29) is 0 Å². The molecule has 0 saturated heterocycles. The van der Waals surface area contributed by atoms with Crippen LogP contribution in [0.1, 0.15) is 89.5 Å². The fraction of sp³-hybridized carbons (Fsp3) is 0.667. The summed E-state index contributed by atoms with van der Waals surface area (Å²) in [6.07, 6.45) is 16.7. The van der Waals surface area contributed by atoms with Gasteiger partial charge in [-0.15, -0.1) is 0 Å². The Kier molecular flexibility index (Phi) is 11.7. The lowest BCUT2D eigenvalue weighted by Crippen LogP contribution is -1.89. The summed E-state index contributed by atoms with van der Waals surface area (Å²) in [4.78, 5) is 10.8. The van der Waals surface area contributed by atoms with Crippen molar-refractivity contribution < 1.29 is 4.79 Å². The van der Waals surface area contributed by atoms with Gasteiger partial charge in [0.1, 0.15) is 5.78 Å². The molecule has 1 heteroatoms. The molecular weight excluding hydrogens is 268 g/mol. The summed E-state index contributed by atoms with van der Waals surface area (Å²) in [7, 11) is 0. The first-order valence-corrected chi connectivity index (χ1v) is 9.32. The Morgan fingerprint density at radius 3 is 1.64 bits per heavy atom. The molecule has 0 radical (unpaired) electrons. The maximum Gasteiger partial charge on any atom is 0.129 e. The summed E-state index contributed by atoms with van der Waals surface area (Å²) in [5.74, 6) is 0.340. The third kappa shape index (κ3) is 11.5. The average molecular weight is 303 g/mol. The number of ketones is 1. The van der Waals surface area contributed by atoms with E-state index in [2.05, 4.69) is 30.3 Å². The molecule has 22 heavy (non-hydrogen) atoms. The Labute approximate surface area is 137 Å². The molecule has 0 aliphatic carbocycles. The van der Waals surface area contributed by atoms with Crippen LogP contribution >= 0.6 is 0 Å². The lowest BCUT2D eigenvalue weighted by atomic mass is 10.0. The topological polar surface area (TPSA) is 17.1 Å². The summed E-state index contributed by atoms with van der Waals surface area (Å²) in [6.45, 7) is 1.69. The molecule has 0 aliphatic rings. The lowest BCUT2D eigenvalue weighted by Gasteiger charge is -2.03. The van der Waals surface area contributed by atoms with E-state index < -0.39 is 0 Å². The molecular formula is C21H34O. The van der Waals surface area contributed by atoms with E-state index in [9.17, 15) is 4.79 Å². The van der Waals surface area contributed by atoms with Gasteiger partial charge in [-0.25, -0.2) is 0 Å². The quantitative estimate of drug-likeness (QED) is 0.358. The zero-order valence-corrected chi connectivity index (χ0v) is 14.5. The van der Waals surface area contributed by atoms with Crippen LogP contribution in [0.25, 0.3) is 0 Å². The van der Waals surface area contributed by atoms with E-state index in [0.717, 1.165) is 12.8 Å². The minimum absolute atomic E-state index is 0.340. The molecule has 0 bridgehead atoms. The molecule has 1 nitrogen and oxygen atoms in total. The zero-order valence-electron chi connectivity index (χ0n) is 14.5. The summed E-state index contributed by atoms with van der Waals surface area (Å²) < 4.78 is 0. The fourth-order valence-corrected chi connectivity index (χ4v) is 2.94. The first-order chi connectivity index (χ1) is 10.8. The van der Waals surface area contributed by atoms with Gasteiger partial charge in [-0.1, -0.05) is 88.1 Å². The van der Waals surface area contributed by atoms with Crippen molar-refractivity contribution in [1.29, 1.82) is 0 Å². The van der Waals surface area contributed by atoms with Crippen molar-refractivity contribution in [3.8, 4) is 0 Å². The second-order valence-corrected chi connectivity index (χ2v) is 6.58. The van der Waals surface area contributed by atoms with Crippen LogP contribution in [-0.4, -0.2) is 5.78 Å². The molecule has 0 heterocycles. The zero-order chi connectivity index (χ0) is 15.9. The molecule has 0 amide bonds. The first kappa shape index (κ1) is 18.9. The molecule has 0 N–H and O–H groups in total. The van der Waals surface area contributed by atoms with Gasteiger partial charge in [0.15, 0.2) is 0 Å². The molecule has 0 aromatic heterocycles. The van der Waals surface area contributed by atoms with Crippen molar-refractivity contribution in [3.63, 3.8) is 0 Å². The fourth-order valence-electron chi connectivity index (χ4n) is 2.94. The number of hydrogen-bond donors (Lipinski definition) is 0. The highest BCUT2D eigenvalue weighted by atomic mass is 16.1. The summed E-state index contributed by atoms with van der Waals surface area (Å²) in [5, 5.41) is 0. The normalized spacial score (nSPS) is 10.8. The van der Waals surface area contributed by atoms with Crippen LogP contribution in [0.2, 0.25) is 0 Å². The van der Waals surface area contributed by atoms with E-state index in [1.54, 1.807) is 6.92 Å². The SMILES string of the molecule is CC(=O)CCCCCCCCCCCCCc1ccccc1. The molecule has 0 aliphatic heterocycles. The molecule has 1 aromatic rings. The molecule has 0 spiro atoms. The minimum Gasteiger partial charge on any atom is -0.300 e. The predicted octanol–water partition coefficient (Wildman–Crippen LogP) is 6.50. The highest BCUT2D eigenvalue weighted by Gasteiger charge is 1.96. The highest BCUT2D eigenvalue weighted by molar-refractivity contribution is 5.75. The molecule has 124 valence electrons. The van der Waals surface area contributed by atoms with Gasteiger partial charge < -0.3 is 4.79 Å². The van der Waals surface area contributed by atoms with Gasteiger partial charge in [0.2, 0.25) is 0 Å². The number of unbranched alkanes of at least 4 members (excludes halogenated alkanes) is 10. The Morgan fingerprint density at radius 2 is 1.14 bits per heavy atom. The minimum atomic E-state index is 0.340. The molecule has 0 fully saturated rings. The Bertz CT molecular complexity index is 369. The van der Waals surface area contributed by atoms with E-state index >= 15 is 0 Å². The smallest absolute Gasteiger partial charge is 0.129 e. The van der Waals surface area contributed by atoms with E-state index in [1.165, 1.54) is 76.2 Å². The van der Waals surface area contributed by atoms with Crippen molar-refractivity contribution in [3.05, 3.63) is 35.9 Å². The second-order valence-electron chi connectivity index (χ2n) is 6.58. The maximum atomic E-state index is 10.8. The highest BCUT2D eigenvalue weighted by Crippen LogP contribution is 2.13. The third-order valence-corrected chi connectivity index (χ3v) is 4.34. The number of carbonyl (C=O) groups excluding carboxylic acids is 1. The number of hydrogen-bond acceptors (Lipinski definition) is 1. The second kappa shape index (κ2) is 13.5. The Morgan fingerprint density at radius 1 is 0.682 bits per heavy atom. The van der Waals surface area contributed by atoms with Crippen molar-refractivity contribution in [1.82, 2.24) is 0 Å². The van der Waals surface area contributed by atoms with Gasteiger partial charge >= 0.3 is 0 Å². The van der Waals surface area contributed by atoms with Gasteiger partial charge in [0.25, 0.3) is 0 Å². The van der Waals surface area contributed by atoms with Crippen LogP contribution in [0.4, 0.5) is 0 Å². The van der Waals surface area contributed by atoms with E-state index in [1.807, 2.05) is 0 Å². The molecule has 0 unspecified atom stereocenters. The van der Waals surface area contributed by atoms with Gasteiger partial charge in [0.05, 0.1) is 0 Å². The molecule has 0 atom stereocenters. The van der Waals surface area contributed by atoms with Gasteiger partial charge in [-0.2, -0.15) is 0 Å². The van der Waals surface area contributed by atoms with Crippen LogP contribution in [-0.2, 0) is 11.2 Å². The summed E-state index contributed by atoms with van der Waals surface area (Å²) in [6, 6.07) is 10.8. The van der Waals surface area contributed by atoms with Crippen LogP contribution in [0.15, 0.2) is 30.3 Å². The number of rotatable bonds is 14. The average Bonchev–Trinajstić information content (AvgIpc) is 2.52. The molecule has 0 saturated carbocycles. The van der Waals surface area contributed by atoms with Crippen molar-refractivity contribution in [2.75, 3.05) is 0 Å². The van der Waals surface area contributed by atoms with Crippen molar-refractivity contribution >= 4 is 5.78 Å². The predicted molar refractivity (Wildman–Crippen MR) is 96.2 cm³/mol. The Balaban J connectivity index is 1.76. The van der Waals surface area contributed by atoms with Crippen LogP contribution in [0.3, 0.4) is 0 Å². The van der Waals surface area contributed by atoms with Gasteiger partial charge in [-0.05, 0) is 31.7 Å². The summed E-state index contributed by atoms with van der Waals surface area (Å²) in [5.41, 5.74) is 1.48. The van der Waals surface area contributed by atoms with Crippen LogP contribution < -0.4 is 0 Å². The van der Waals surface area contributed by atoms with Gasteiger partial charge in [0, 0.05) is 6.42 Å². The van der Waals surface area contributed by atoms with Crippen molar-refractivity contribution in [2.24, 2.45) is 0 Å². The summed E-state index contributed by atoms with van der Waals surface area (Å²) >= 11 is 0.